The van der Waals surface area contributed by atoms with E-state index in [1.807, 2.05) is 4.90 Å². The number of amides is 1. The number of nitrogens with two attached hydrogens (primary N) is 1. The van der Waals surface area contributed by atoms with Gasteiger partial charge < -0.3 is 10.3 Å². The molecule has 0 saturated carbocycles. The highest BCUT2D eigenvalue weighted by molar-refractivity contribution is 5.93. The molecule has 2 rings (SSSR count). The Morgan fingerprint density at radius 1 is 1.50 bits per heavy atom. The lowest BCUT2D eigenvalue weighted by molar-refractivity contribution is 0.0583. The van der Waals surface area contributed by atoms with E-state index >= 15 is 0 Å². The minimum Gasteiger partial charge on any atom is -0.335 e. The number of aromatic nitrogens is 1. The number of hydrogen-bond donors (Lipinski definition) is 2. The number of likely N-dealkylation sites (tertiary alicyclic amines) is 1. The average Bonchev–Trinajstić information content (AvgIpc) is 2.38. The van der Waals surface area contributed by atoms with Crippen LogP contribution in [0, 0.1) is 5.92 Å². The van der Waals surface area contributed by atoms with Gasteiger partial charge in [-0.1, -0.05) is 13.0 Å². The summed E-state index contributed by atoms with van der Waals surface area (Å²) in [6.07, 6.45) is 2.12. The number of hydrazine groups is 1. The summed E-state index contributed by atoms with van der Waals surface area (Å²) in [6.45, 7) is 5.14. The van der Waals surface area contributed by atoms with Crippen molar-refractivity contribution in [3.05, 3.63) is 23.9 Å². The third-order valence-corrected chi connectivity index (χ3v) is 3.52. The summed E-state index contributed by atoms with van der Waals surface area (Å²) in [4.78, 5) is 18.5. The summed E-state index contributed by atoms with van der Waals surface area (Å²) in [7, 11) is 0. The van der Waals surface area contributed by atoms with Crippen LogP contribution in [0.3, 0.4) is 0 Å². The highest BCUT2D eigenvalue weighted by atomic mass is 16.2. The first kappa shape index (κ1) is 12.8. The van der Waals surface area contributed by atoms with Gasteiger partial charge in [-0.2, -0.15) is 0 Å². The molecule has 1 aliphatic rings. The molecule has 1 amide bonds. The summed E-state index contributed by atoms with van der Waals surface area (Å²) in [5.74, 6) is 6.50. The van der Waals surface area contributed by atoms with Crippen molar-refractivity contribution in [2.75, 3.05) is 12.0 Å². The summed E-state index contributed by atoms with van der Waals surface area (Å²) >= 11 is 0. The zero-order valence-electron chi connectivity index (χ0n) is 10.9. The van der Waals surface area contributed by atoms with Crippen molar-refractivity contribution in [2.45, 2.75) is 32.7 Å². The fraction of sp³-hybridized carbons (Fsp3) is 0.538. The summed E-state index contributed by atoms with van der Waals surface area (Å²) in [6, 6.07) is 5.52. The van der Waals surface area contributed by atoms with Crippen LogP contribution < -0.4 is 11.3 Å². The highest BCUT2D eigenvalue weighted by Crippen LogP contribution is 2.23. The Bertz CT molecular complexity index is 435. The number of piperidine rings is 1. The standard InChI is InChI=1S/C13H20N4O/c1-9-6-7-17(10(2)8-9)13(18)11-4-3-5-12(15-11)16-14/h3-5,9-10H,6-8,14H2,1-2H3,(H,15,16). The first-order chi connectivity index (χ1) is 8.61. The van der Waals surface area contributed by atoms with E-state index in [0.717, 1.165) is 19.4 Å². The molecule has 0 bridgehead atoms. The smallest absolute Gasteiger partial charge is 0.272 e. The Kier molecular flexibility index (Phi) is 3.81. The monoisotopic (exact) mass is 248 g/mol. The van der Waals surface area contributed by atoms with Crippen molar-refractivity contribution >= 4 is 11.7 Å². The molecule has 2 unspecified atom stereocenters. The molecular weight excluding hydrogens is 228 g/mol. The molecule has 5 heteroatoms. The number of nitrogens with one attached hydrogen (secondary N) is 1. The van der Waals surface area contributed by atoms with E-state index in [0.29, 0.717) is 17.4 Å². The summed E-state index contributed by atoms with van der Waals surface area (Å²) in [5, 5.41) is 0. The fourth-order valence-electron chi connectivity index (χ4n) is 2.49. The molecule has 1 aromatic heterocycles. The average molecular weight is 248 g/mol. The normalized spacial score (nSPS) is 23.8. The number of hydrogen-bond acceptors (Lipinski definition) is 4. The zero-order chi connectivity index (χ0) is 13.1. The first-order valence-electron chi connectivity index (χ1n) is 6.36. The number of nitrogens with zero attached hydrogens (tertiary/aromatic N) is 2. The number of pyridine rings is 1. The number of nitrogen functional groups attached to an aromatic ring is 1. The van der Waals surface area contributed by atoms with Crippen molar-refractivity contribution in [3.63, 3.8) is 0 Å². The van der Waals surface area contributed by atoms with E-state index in [1.54, 1.807) is 18.2 Å². The Labute approximate surface area is 107 Å². The second-order valence-electron chi connectivity index (χ2n) is 5.03. The Hall–Kier alpha value is -1.62. The molecule has 1 aliphatic heterocycles. The van der Waals surface area contributed by atoms with E-state index in [-0.39, 0.29) is 11.9 Å². The van der Waals surface area contributed by atoms with Gasteiger partial charge in [0.25, 0.3) is 5.91 Å². The lowest BCUT2D eigenvalue weighted by atomic mass is 9.93. The van der Waals surface area contributed by atoms with E-state index in [4.69, 9.17) is 5.84 Å². The van der Waals surface area contributed by atoms with Gasteiger partial charge >= 0.3 is 0 Å². The molecule has 2 heterocycles. The molecule has 98 valence electrons. The topological polar surface area (TPSA) is 71.2 Å². The van der Waals surface area contributed by atoms with Crippen LogP contribution in [-0.2, 0) is 0 Å². The third kappa shape index (κ3) is 2.61. The maximum Gasteiger partial charge on any atom is 0.272 e. The van der Waals surface area contributed by atoms with Crippen LogP contribution in [0.1, 0.15) is 37.2 Å². The molecule has 1 aromatic rings. The predicted octanol–water partition coefficient (Wildman–Crippen LogP) is 1.63. The quantitative estimate of drug-likeness (QED) is 0.616. The van der Waals surface area contributed by atoms with Gasteiger partial charge in [0.2, 0.25) is 0 Å². The molecule has 3 N–H and O–H groups in total. The SMILES string of the molecule is CC1CCN(C(=O)c2cccc(NN)n2)C(C)C1. The maximum atomic E-state index is 12.4. The van der Waals surface area contributed by atoms with Gasteiger partial charge in [-0.05, 0) is 37.8 Å². The van der Waals surface area contributed by atoms with E-state index < -0.39 is 0 Å². The summed E-state index contributed by atoms with van der Waals surface area (Å²) in [5.41, 5.74) is 2.91. The molecule has 2 atom stereocenters. The number of carbonyl (C=O) groups is 1. The molecule has 1 saturated heterocycles. The molecule has 0 spiro atoms. The van der Waals surface area contributed by atoms with Crippen LogP contribution in [0.25, 0.3) is 0 Å². The van der Waals surface area contributed by atoms with Gasteiger partial charge in [0.1, 0.15) is 11.5 Å². The second kappa shape index (κ2) is 5.35. The van der Waals surface area contributed by atoms with Gasteiger partial charge in [-0.25, -0.2) is 10.8 Å². The predicted molar refractivity (Wildman–Crippen MR) is 70.9 cm³/mol. The number of anilines is 1. The molecular formula is C13H20N4O. The van der Waals surface area contributed by atoms with Crippen LogP contribution in [0.5, 0.6) is 0 Å². The lowest BCUT2D eigenvalue weighted by Crippen LogP contribution is -2.44. The van der Waals surface area contributed by atoms with Gasteiger partial charge in [-0.15, -0.1) is 0 Å². The fourth-order valence-corrected chi connectivity index (χ4v) is 2.49. The zero-order valence-corrected chi connectivity index (χ0v) is 10.9. The Morgan fingerprint density at radius 2 is 2.28 bits per heavy atom. The third-order valence-electron chi connectivity index (χ3n) is 3.52. The second-order valence-corrected chi connectivity index (χ2v) is 5.03. The van der Waals surface area contributed by atoms with Gasteiger partial charge in [0.05, 0.1) is 0 Å². The van der Waals surface area contributed by atoms with Crippen molar-refractivity contribution in [2.24, 2.45) is 11.8 Å². The first-order valence-corrected chi connectivity index (χ1v) is 6.36. The van der Waals surface area contributed by atoms with Crippen LogP contribution in [0.2, 0.25) is 0 Å². The van der Waals surface area contributed by atoms with E-state index in [1.165, 1.54) is 0 Å². The number of rotatable bonds is 2. The van der Waals surface area contributed by atoms with Crippen molar-refractivity contribution in [3.8, 4) is 0 Å². The molecule has 18 heavy (non-hydrogen) atoms. The molecule has 0 aromatic carbocycles. The lowest BCUT2D eigenvalue weighted by Gasteiger charge is -2.36. The molecule has 5 nitrogen and oxygen atoms in total. The minimum atomic E-state index is -0.00787. The van der Waals surface area contributed by atoms with Gasteiger partial charge in [0, 0.05) is 12.6 Å². The summed E-state index contributed by atoms with van der Waals surface area (Å²) < 4.78 is 0. The largest absolute Gasteiger partial charge is 0.335 e. The molecule has 0 radical (unpaired) electrons. The van der Waals surface area contributed by atoms with Gasteiger partial charge in [-0.3, -0.25) is 4.79 Å². The Balaban J connectivity index is 2.15. The maximum absolute atomic E-state index is 12.4. The van der Waals surface area contributed by atoms with E-state index in [9.17, 15) is 4.79 Å². The van der Waals surface area contributed by atoms with Gasteiger partial charge in [0.15, 0.2) is 0 Å². The number of carbonyl (C=O) groups excluding carboxylic acids is 1. The Morgan fingerprint density at radius 3 is 2.94 bits per heavy atom. The van der Waals surface area contributed by atoms with Crippen LogP contribution >= 0.6 is 0 Å². The van der Waals surface area contributed by atoms with Crippen LogP contribution in [0.15, 0.2) is 18.2 Å². The van der Waals surface area contributed by atoms with Crippen molar-refractivity contribution < 1.29 is 4.79 Å². The van der Waals surface area contributed by atoms with Crippen LogP contribution in [-0.4, -0.2) is 28.4 Å². The minimum absolute atomic E-state index is 0.00787. The van der Waals surface area contributed by atoms with Crippen molar-refractivity contribution in [1.29, 1.82) is 0 Å². The van der Waals surface area contributed by atoms with Crippen LogP contribution in [0.4, 0.5) is 5.82 Å². The van der Waals surface area contributed by atoms with E-state index in [2.05, 4.69) is 24.3 Å². The highest BCUT2D eigenvalue weighted by Gasteiger charge is 2.28. The molecule has 0 aliphatic carbocycles. The molecule has 1 fully saturated rings. The van der Waals surface area contributed by atoms with Crippen molar-refractivity contribution in [1.82, 2.24) is 9.88 Å².